The number of sulfonamides is 1. The topological polar surface area (TPSA) is 72.2 Å². The molecule has 0 aromatic heterocycles. The van der Waals surface area contributed by atoms with Crippen LogP contribution in [0.2, 0.25) is 0 Å². The maximum absolute atomic E-state index is 12.4. The molecule has 3 atom stereocenters. The fourth-order valence-corrected chi connectivity index (χ4v) is 4.46. The van der Waals surface area contributed by atoms with Crippen LogP contribution in [0.4, 0.5) is 5.69 Å². The van der Waals surface area contributed by atoms with Gasteiger partial charge in [0.25, 0.3) is 0 Å². The number of nitrogens with two attached hydrogens (primary N) is 1. The van der Waals surface area contributed by atoms with Crippen LogP contribution in [-0.4, -0.2) is 14.5 Å². The van der Waals surface area contributed by atoms with Gasteiger partial charge in [0, 0.05) is 16.2 Å². The Morgan fingerprint density at radius 3 is 2.60 bits per heavy atom. The molecule has 20 heavy (non-hydrogen) atoms. The van der Waals surface area contributed by atoms with Crippen LogP contribution in [0.3, 0.4) is 0 Å². The first-order valence-corrected chi connectivity index (χ1v) is 9.14. The van der Waals surface area contributed by atoms with Gasteiger partial charge in [-0.2, -0.15) is 0 Å². The molecule has 0 heterocycles. The fraction of sp³-hybridized carbons (Fsp3) is 0.571. The average Bonchev–Trinajstić information content (AvgIpc) is 2.36. The molecule has 1 saturated carbocycles. The van der Waals surface area contributed by atoms with Crippen LogP contribution < -0.4 is 10.5 Å². The van der Waals surface area contributed by atoms with E-state index in [1.165, 1.54) is 6.07 Å². The molecule has 2 rings (SSSR count). The smallest absolute Gasteiger partial charge is 0.240 e. The van der Waals surface area contributed by atoms with Gasteiger partial charge < -0.3 is 5.73 Å². The van der Waals surface area contributed by atoms with E-state index in [1.54, 1.807) is 12.1 Å². The van der Waals surface area contributed by atoms with E-state index >= 15 is 0 Å². The third-order valence-electron chi connectivity index (χ3n) is 4.02. The molecule has 112 valence electrons. The van der Waals surface area contributed by atoms with Crippen LogP contribution in [-0.2, 0) is 10.0 Å². The van der Waals surface area contributed by atoms with Gasteiger partial charge in [0.05, 0.1) is 4.90 Å². The van der Waals surface area contributed by atoms with Crippen molar-refractivity contribution in [2.24, 2.45) is 11.8 Å². The van der Waals surface area contributed by atoms with E-state index in [-0.39, 0.29) is 10.9 Å². The number of nitrogen functional groups attached to an aromatic ring is 1. The molecular weight excluding hydrogens is 340 g/mol. The van der Waals surface area contributed by atoms with Crippen LogP contribution in [0.25, 0.3) is 0 Å². The molecule has 1 aliphatic rings. The summed E-state index contributed by atoms with van der Waals surface area (Å²) in [5, 5.41) is 0. The molecule has 1 aliphatic carbocycles. The molecule has 4 nitrogen and oxygen atoms in total. The van der Waals surface area contributed by atoms with Gasteiger partial charge in [-0.3, -0.25) is 0 Å². The molecule has 0 bridgehead atoms. The Balaban J connectivity index is 2.16. The minimum absolute atomic E-state index is 0.0149. The predicted molar refractivity (Wildman–Crippen MR) is 84.8 cm³/mol. The lowest BCUT2D eigenvalue weighted by Crippen LogP contribution is -2.42. The summed E-state index contributed by atoms with van der Waals surface area (Å²) in [5.41, 5.74) is 6.19. The molecule has 1 fully saturated rings. The van der Waals surface area contributed by atoms with Gasteiger partial charge >= 0.3 is 0 Å². The summed E-state index contributed by atoms with van der Waals surface area (Å²) in [5.74, 6) is 1.04. The molecule has 1 aromatic carbocycles. The molecule has 0 aliphatic heterocycles. The highest BCUT2D eigenvalue weighted by Crippen LogP contribution is 2.30. The highest BCUT2D eigenvalue weighted by atomic mass is 79.9. The van der Waals surface area contributed by atoms with E-state index in [9.17, 15) is 8.42 Å². The van der Waals surface area contributed by atoms with E-state index < -0.39 is 10.0 Å². The first kappa shape index (κ1) is 15.8. The van der Waals surface area contributed by atoms with Crippen LogP contribution in [0.15, 0.2) is 27.6 Å². The Kier molecular flexibility index (Phi) is 4.76. The Morgan fingerprint density at radius 2 is 2.00 bits per heavy atom. The van der Waals surface area contributed by atoms with Gasteiger partial charge in [0.1, 0.15) is 0 Å². The van der Waals surface area contributed by atoms with Crippen molar-refractivity contribution in [2.75, 3.05) is 5.73 Å². The van der Waals surface area contributed by atoms with Crippen molar-refractivity contribution < 1.29 is 8.42 Å². The maximum atomic E-state index is 12.4. The second-order valence-corrected chi connectivity index (χ2v) is 8.37. The summed E-state index contributed by atoms with van der Waals surface area (Å²) in [6.07, 6.45) is 3.03. The summed E-state index contributed by atoms with van der Waals surface area (Å²) in [4.78, 5) is 0.226. The third-order valence-corrected chi connectivity index (χ3v) is 6.23. The van der Waals surface area contributed by atoms with Crippen molar-refractivity contribution in [3.8, 4) is 0 Å². The highest BCUT2D eigenvalue weighted by molar-refractivity contribution is 9.10. The zero-order valence-corrected chi connectivity index (χ0v) is 14.2. The Labute approximate surface area is 129 Å². The maximum Gasteiger partial charge on any atom is 0.240 e. The number of nitrogens with one attached hydrogen (secondary N) is 1. The monoisotopic (exact) mass is 360 g/mol. The Bertz CT molecular complexity index is 589. The van der Waals surface area contributed by atoms with Crippen molar-refractivity contribution in [3.05, 3.63) is 22.7 Å². The minimum Gasteiger partial charge on any atom is -0.398 e. The van der Waals surface area contributed by atoms with Gasteiger partial charge in [-0.15, -0.1) is 0 Å². The molecule has 1 aromatic rings. The average molecular weight is 361 g/mol. The zero-order chi connectivity index (χ0) is 14.9. The number of rotatable bonds is 3. The Hall–Kier alpha value is -0.590. The first-order valence-electron chi connectivity index (χ1n) is 6.87. The highest BCUT2D eigenvalue weighted by Gasteiger charge is 2.29. The van der Waals surface area contributed by atoms with Crippen molar-refractivity contribution in [2.45, 2.75) is 44.0 Å². The van der Waals surface area contributed by atoms with Crippen LogP contribution in [0.5, 0.6) is 0 Å². The second kappa shape index (κ2) is 6.03. The molecule has 3 unspecified atom stereocenters. The third kappa shape index (κ3) is 3.54. The van der Waals surface area contributed by atoms with Crippen molar-refractivity contribution in [3.63, 3.8) is 0 Å². The lowest BCUT2D eigenvalue weighted by molar-refractivity contribution is 0.249. The van der Waals surface area contributed by atoms with Crippen molar-refractivity contribution >= 4 is 31.6 Å². The van der Waals surface area contributed by atoms with E-state index in [2.05, 4.69) is 34.5 Å². The lowest BCUT2D eigenvalue weighted by Gasteiger charge is -2.32. The van der Waals surface area contributed by atoms with Gasteiger partial charge in [-0.1, -0.05) is 13.8 Å². The van der Waals surface area contributed by atoms with Crippen molar-refractivity contribution in [1.82, 2.24) is 4.72 Å². The minimum atomic E-state index is -3.50. The summed E-state index contributed by atoms with van der Waals surface area (Å²) < 4.78 is 28.4. The van der Waals surface area contributed by atoms with Crippen LogP contribution in [0, 0.1) is 11.8 Å². The molecule has 3 N–H and O–H groups in total. The standard InChI is InChI=1S/C14H21BrN2O2S/c1-9-3-6-14(10(2)7-9)17-20(18,19)11-4-5-12(15)13(16)8-11/h4-5,8-10,14,17H,3,6-7,16H2,1-2H3. The summed E-state index contributed by atoms with van der Waals surface area (Å²) in [6, 6.07) is 4.73. The summed E-state index contributed by atoms with van der Waals surface area (Å²) >= 11 is 3.27. The number of hydrogen-bond acceptors (Lipinski definition) is 3. The predicted octanol–water partition coefficient (Wildman–Crippen LogP) is 3.13. The first-order chi connectivity index (χ1) is 9.29. The van der Waals surface area contributed by atoms with Gasteiger partial charge in [-0.25, -0.2) is 13.1 Å². The van der Waals surface area contributed by atoms with E-state index in [0.717, 1.165) is 19.3 Å². The fourth-order valence-electron chi connectivity index (χ4n) is 2.80. The van der Waals surface area contributed by atoms with E-state index in [0.29, 0.717) is 22.0 Å². The number of hydrogen-bond donors (Lipinski definition) is 2. The zero-order valence-electron chi connectivity index (χ0n) is 11.8. The summed E-state index contributed by atoms with van der Waals surface area (Å²) in [7, 11) is -3.50. The second-order valence-electron chi connectivity index (χ2n) is 5.81. The van der Waals surface area contributed by atoms with E-state index in [4.69, 9.17) is 5.73 Å². The number of anilines is 1. The van der Waals surface area contributed by atoms with E-state index in [1.807, 2.05) is 0 Å². The van der Waals surface area contributed by atoms with Gasteiger partial charge in [-0.05, 0) is 65.2 Å². The quantitative estimate of drug-likeness (QED) is 0.813. The summed E-state index contributed by atoms with van der Waals surface area (Å²) in [6.45, 7) is 4.33. The largest absolute Gasteiger partial charge is 0.398 e. The normalized spacial score (nSPS) is 27.4. The molecule has 0 radical (unpaired) electrons. The molecule has 0 spiro atoms. The Morgan fingerprint density at radius 1 is 1.30 bits per heavy atom. The lowest BCUT2D eigenvalue weighted by atomic mass is 9.80. The molecule has 0 saturated heterocycles. The molecule has 6 heteroatoms. The van der Waals surface area contributed by atoms with Crippen LogP contribution >= 0.6 is 15.9 Å². The number of halogens is 1. The molecule has 0 amide bonds. The van der Waals surface area contributed by atoms with Gasteiger partial charge in [0.2, 0.25) is 10.0 Å². The molecular formula is C14H21BrN2O2S. The van der Waals surface area contributed by atoms with Crippen LogP contribution in [0.1, 0.15) is 33.1 Å². The van der Waals surface area contributed by atoms with Gasteiger partial charge in [0.15, 0.2) is 0 Å². The SMILES string of the molecule is CC1CCC(NS(=O)(=O)c2ccc(Br)c(N)c2)C(C)C1. The number of benzene rings is 1. The van der Waals surface area contributed by atoms with Crippen molar-refractivity contribution in [1.29, 1.82) is 0 Å².